The third-order valence-corrected chi connectivity index (χ3v) is 2.68. The summed E-state index contributed by atoms with van der Waals surface area (Å²) in [5, 5.41) is 13.5. The van der Waals surface area contributed by atoms with Crippen LogP contribution in [0.1, 0.15) is 25.5 Å². The molecule has 1 aromatic heterocycles. The van der Waals surface area contributed by atoms with E-state index in [0.717, 1.165) is 5.69 Å². The van der Waals surface area contributed by atoms with Gasteiger partial charge in [-0.05, 0) is 18.1 Å². The van der Waals surface area contributed by atoms with Gasteiger partial charge in [0.05, 0.1) is 10.6 Å². The highest BCUT2D eigenvalue weighted by Crippen LogP contribution is 2.15. The van der Waals surface area contributed by atoms with E-state index in [-0.39, 0.29) is 17.2 Å². The first kappa shape index (κ1) is 12.1. The normalized spacial score (nSPS) is 10.8. The molecule has 1 aromatic carbocycles. The second kappa shape index (κ2) is 4.48. The van der Waals surface area contributed by atoms with Crippen LogP contribution in [0.5, 0.6) is 0 Å². The first-order valence-electron chi connectivity index (χ1n) is 5.56. The smallest absolute Gasteiger partial charge is 0.271 e. The molecule has 18 heavy (non-hydrogen) atoms. The summed E-state index contributed by atoms with van der Waals surface area (Å²) in [6.07, 6.45) is 0. The zero-order valence-corrected chi connectivity index (χ0v) is 10.1. The van der Waals surface area contributed by atoms with E-state index in [1.54, 1.807) is 12.1 Å². The molecule has 6 nitrogen and oxygen atoms in total. The molecule has 1 heterocycles. The molecule has 0 aliphatic rings. The Morgan fingerprint density at radius 2 is 1.89 bits per heavy atom. The highest BCUT2D eigenvalue weighted by molar-refractivity contribution is 5.40. The Balaban J connectivity index is 2.42. The zero-order chi connectivity index (χ0) is 13.3. The minimum absolute atomic E-state index is 0.00226. The number of aromatic nitrogens is 2. The van der Waals surface area contributed by atoms with Gasteiger partial charge in [0.2, 0.25) is 0 Å². The maximum absolute atomic E-state index is 11.8. The van der Waals surface area contributed by atoms with Gasteiger partial charge in [-0.1, -0.05) is 13.8 Å². The van der Waals surface area contributed by atoms with Gasteiger partial charge in [-0.25, -0.2) is 4.68 Å². The van der Waals surface area contributed by atoms with Crippen LogP contribution in [-0.2, 0) is 0 Å². The molecule has 0 bridgehead atoms. The predicted molar refractivity (Wildman–Crippen MR) is 67.1 cm³/mol. The molecule has 0 aliphatic carbocycles. The van der Waals surface area contributed by atoms with Gasteiger partial charge < -0.3 is 0 Å². The number of nitro benzene ring substituents is 1. The van der Waals surface area contributed by atoms with Crippen LogP contribution in [-0.4, -0.2) is 14.7 Å². The third kappa shape index (κ3) is 2.17. The van der Waals surface area contributed by atoms with Crippen molar-refractivity contribution >= 4 is 5.69 Å². The van der Waals surface area contributed by atoms with E-state index >= 15 is 0 Å². The quantitative estimate of drug-likeness (QED) is 0.666. The van der Waals surface area contributed by atoms with E-state index < -0.39 is 4.92 Å². The van der Waals surface area contributed by atoms with Crippen LogP contribution in [0.25, 0.3) is 5.69 Å². The fraction of sp³-hybridized carbons (Fsp3) is 0.250. The SMILES string of the molecule is CC(C)c1cc(=O)n(-c2ccc([N+](=O)[O-])cc2)[nH]1. The van der Waals surface area contributed by atoms with Crippen LogP contribution in [0.3, 0.4) is 0 Å². The molecule has 94 valence electrons. The molecule has 0 unspecified atom stereocenters. The van der Waals surface area contributed by atoms with Crippen molar-refractivity contribution in [3.8, 4) is 5.69 Å². The lowest BCUT2D eigenvalue weighted by Gasteiger charge is -2.03. The third-order valence-electron chi connectivity index (χ3n) is 2.68. The standard InChI is InChI=1S/C12H13N3O3/c1-8(2)11-7-12(16)14(13-11)9-3-5-10(6-4-9)15(17)18/h3-8,13H,1-2H3. The molecule has 0 fully saturated rings. The summed E-state index contributed by atoms with van der Waals surface area (Å²) in [6, 6.07) is 7.36. The van der Waals surface area contributed by atoms with Gasteiger partial charge in [0.15, 0.2) is 0 Å². The van der Waals surface area contributed by atoms with Crippen molar-refractivity contribution in [3.63, 3.8) is 0 Å². The lowest BCUT2D eigenvalue weighted by Crippen LogP contribution is -2.13. The first-order chi connectivity index (χ1) is 8.49. The number of H-pyrrole nitrogens is 1. The number of non-ortho nitro benzene ring substituents is 1. The van der Waals surface area contributed by atoms with Gasteiger partial charge in [-0.2, -0.15) is 0 Å². The minimum Gasteiger partial charge on any atom is -0.295 e. The monoisotopic (exact) mass is 247 g/mol. The maximum Gasteiger partial charge on any atom is 0.271 e. The molecule has 0 aliphatic heterocycles. The molecule has 0 amide bonds. The maximum atomic E-state index is 11.8. The van der Waals surface area contributed by atoms with Crippen LogP contribution in [0.4, 0.5) is 5.69 Å². The topological polar surface area (TPSA) is 80.9 Å². The second-order valence-electron chi connectivity index (χ2n) is 4.31. The van der Waals surface area contributed by atoms with E-state index in [1.807, 2.05) is 13.8 Å². The Labute approximate surface area is 103 Å². The van der Waals surface area contributed by atoms with Crippen LogP contribution >= 0.6 is 0 Å². The number of benzene rings is 1. The number of nitrogens with one attached hydrogen (secondary N) is 1. The number of rotatable bonds is 3. The van der Waals surface area contributed by atoms with Gasteiger partial charge in [-0.3, -0.25) is 20.0 Å². The van der Waals surface area contributed by atoms with Gasteiger partial charge in [0, 0.05) is 23.9 Å². The zero-order valence-electron chi connectivity index (χ0n) is 10.1. The summed E-state index contributed by atoms with van der Waals surface area (Å²) in [7, 11) is 0. The summed E-state index contributed by atoms with van der Waals surface area (Å²) in [5.41, 5.74) is 1.24. The Kier molecular flexibility index (Phi) is 3.01. The predicted octanol–water partition coefficient (Wildman–Crippen LogP) is 2.20. The molecule has 0 spiro atoms. The van der Waals surface area contributed by atoms with E-state index in [0.29, 0.717) is 5.69 Å². The number of nitrogens with zero attached hydrogens (tertiary/aromatic N) is 2. The first-order valence-corrected chi connectivity index (χ1v) is 5.56. The number of nitro groups is 1. The Hall–Kier alpha value is -2.37. The molecule has 0 saturated carbocycles. The molecule has 2 aromatic rings. The average molecular weight is 247 g/mol. The van der Waals surface area contributed by atoms with Crippen molar-refractivity contribution in [2.75, 3.05) is 0 Å². The Morgan fingerprint density at radius 3 is 2.33 bits per heavy atom. The van der Waals surface area contributed by atoms with Gasteiger partial charge >= 0.3 is 0 Å². The van der Waals surface area contributed by atoms with Crippen molar-refractivity contribution in [2.45, 2.75) is 19.8 Å². The highest BCUT2D eigenvalue weighted by Gasteiger charge is 2.09. The van der Waals surface area contributed by atoms with Gasteiger partial charge in [0.1, 0.15) is 0 Å². The van der Waals surface area contributed by atoms with Crippen LogP contribution in [0.15, 0.2) is 35.1 Å². The fourth-order valence-electron chi connectivity index (χ4n) is 1.63. The fourth-order valence-corrected chi connectivity index (χ4v) is 1.63. The lowest BCUT2D eigenvalue weighted by molar-refractivity contribution is -0.384. The van der Waals surface area contributed by atoms with Crippen molar-refractivity contribution in [1.82, 2.24) is 9.78 Å². The summed E-state index contributed by atoms with van der Waals surface area (Å²) in [5.74, 6) is 0.219. The molecular weight excluding hydrogens is 234 g/mol. The lowest BCUT2D eigenvalue weighted by atomic mass is 10.1. The molecule has 2 rings (SSSR count). The minimum atomic E-state index is -0.471. The van der Waals surface area contributed by atoms with Crippen molar-refractivity contribution in [2.24, 2.45) is 0 Å². The van der Waals surface area contributed by atoms with E-state index in [2.05, 4.69) is 5.10 Å². The van der Waals surface area contributed by atoms with Crippen LogP contribution in [0.2, 0.25) is 0 Å². The Morgan fingerprint density at radius 1 is 1.28 bits per heavy atom. The highest BCUT2D eigenvalue weighted by atomic mass is 16.6. The average Bonchev–Trinajstić information content (AvgIpc) is 2.71. The van der Waals surface area contributed by atoms with Gasteiger partial charge in [-0.15, -0.1) is 0 Å². The van der Waals surface area contributed by atoms with E-state index in [9.17, 15) is 14.9 Å². The van der Waals surface area contributed by atoms with Gasteiger partial charge in [0.25, 0.3) is 11.2 Å². The van der Waals surface area contributed by atoms with E-state index in [4.69, 9.17) is 0 Å². The number of hydrogen-bond donors (Lipinski definition) is 1. The summed E-state index contributed by atoms with van der Waals surface area (Å²) in [4.78, 5) is 21.8. The molecule has 0 radical (unpaired) electrons. The molecule has 0 atom stereocenters. The summed E-state index contributed by atoms with van der Waals surface area (Å²) < 4.78 is 1.37. The largest absolute Gasteiger partial charge is 0.295 e. The second-order valence-corrected chi connectivity index (χ2v) is 4.31. The number of aromatic amines is 1. The van der Waals surface area contributed by atoms with Crippen molar-refractivity contribution < 1.29 is 4.92 Å². The van der Waals surface area contributed by atoms with Crippen molar-refractivity contribution in [1.29, 1.82) is 0 Å². The van der Waals surface area contributed by atoms with E-state index in [1.165, 1.54) is 22.9 Å². The molecular formula is C12H13N3O3. The van der Waals surface area contributed by atoms with Crippen LogP contribution < -0.4 is 5.56 Å². The Bertz CT molecular complexity index is 623. The summed E-state index contributed by atoms with van der Waals surface area (Å²) in [6.45, 7) is 3.96. The van der Waals surface area contributed by atoms with Crippen LogP contribution in [0, 0.1) is 10.1 Å². The molecule has 0 saturated heterocycles. The summed E-state index contributed by atoms with van der Waals surface area (Å²) >= 11 is 0. The molecule has 1 N–H and O–H groups in total. The number of hydrogen-bond acceptors (Lipinski definition) is 3. The van der Waals surface area contributed by atoms with Crippen molar-refractivity contribution in [3.05, 3.63) is 56.5 Å². The molecule has 6 heteroatoms.